The van der Waals surface area contributed by atoms with E-state index in [2.05, 4.69) is 34.9 Å². The molecule has 2 aliphatic carbocycles. The van der Waals surface area contributed by atoms with Crippen molar-refractivity contribution in [2.24, 2.45) is 17.8 Å². The maximum absolute atomic E-state index is 12.4. The SMILES string of the molecule is CC(C)CCC(NC(=O)[C@@H]1C[C@@H]1CNC(=O)OCC1c2ccccc2-c2ccccc21)C(=O)O. The first-order valence-electron chi connectivity index (χ1n) is 12.0. The number of amides is 2. The van der Waals surface area contributed by atoms with Crippen molar-refractivity contribution >= 4 is 18.0 Å². The summed E-state index contributed by atoms with van der Waals surface area (Å²) in [5.41, 5.74) is 4.65. The highest BCUT2D eigenvalue weighted by Crippen LogP contribution is 2.44. The molecule has 7 nitrogen and oxygen atoms in total. The van der Waals surface area contributed by atoms with E-state index < -0.39 is 18.1 Å². The molecule has 0 radical (unpaired) electrons. The number of hydrogen-bond acceptors (Lipinski definition) is 4. The Kier molecular flexibility index (Phi) is 7.20. The number of carboxylic acid groups (broad SMARTS) is 1. The second-order valence-corrected chi connectivity index (χ2v) is 9.68. The van der Waals surface area contributed by atoms with Gasteiger partial charge >= 0.3 is 12.1 Å². The van der Waals surface area contributed by atoms with Gasteiger partial charge in [-0.3, -0.25) is 4.79 Å². The van der Waals surface area contributed by atoms with Crippen LogP contribution < -0.4 is 10.6 Å². The molecule has 0 bridgehead atoms. The number of rotatable bonds is 10. The first kappa shape index (κ1) is 23.8. The van der Waals surface area contributed by atoms with E-state index in [1.54, 1.807) is 0 Å². The van der Waals surface area contributed by atoms with Crippen LogP contribution >= 0.6 is 0 Å². The van der Waals surface area contributed by atoms with Crippen LogP contribution in [0.3, 0.4) is 0 Å². The number of nitrogens with one attached hydrogen (secondary N) is 2. The van der Waals surface area contributed by atoms with Gasteiger partial charge in [-0.15, -0.1) is 0 Å². The summed E-state index contributed by atoms with van der Waals surface area (Å²) in [4.78, 5) is 36.2. The molecular formula is C27H32N2O5. The third-order valence-electron chi connectivity index (χ3n) is 6.76. The van der Waals surface area contributed by atoms with Crippen molar-refractivity contribution in [3.05, 3.63) is 59.7 Å². The molecule has 0 heterocycles. The zero-order valence-electron chi connectivity index (χ0n) is 19.6. The molecule has 4 rings (SSSR count). The normalized spacial score (nSPS) is 19.1. The van der Waals surface area contributed by atoms with E-state index in [0.29, 0.717) is 25.3 Å². The Hall–Kier alpha value is -3.35. The summed E-state index contributed by atoms with van der Waals surface area (Å²) in [6, 6.07) is 15.5. The zero-order chi connectivity index (χ0) is 24.2. The maximum atomic E-state index is 12.4. The van der Waals surface area contributed by atoms with Gasteiger partial charge in [-0.05, 0) is 53.4 Å². The molecule has 3 N–H and O–H groups in total. The minimum Gasteiger partial charge on any atom is -0.480 e. The maximum Gasteiger partial charge on any atom is 0.407 e. The second-order valence-electron chi connectivity index (χ2n) is 9.68. The monoisotopic (exact) mass is 464 g/mol. The summed E-state index contributed by atoms with van der Waals surface area (Å²) in [6.45, 7) is 4.61. The molecule has 7 heteroatoms. The first-order chi connectivity index (χ1) is 16.3. The van der Waals surface area contributed by atoms with Crippen LogP contribution in [0.1, 0.15) is 50.2 Å². The van der Waals surface area contributed by atoms with Crippen molar-refractivity contribution in [1.29, 1.82) is 0 Å². The molecule has 3 atom stereocenters. The Morgan fingerprint density at radius 2 is 1.62 bits per heavy atom. The number of alkyl carbamates (subject to hydrolysis) is 1. The van der Waals surface area contributed by atoms with Crippen molar-refractivity contribution in [2.45, 2.75) is 45.1 Å². The van der Waals surface area contributed by atoms with Crippen LogP contribution in [0.5, 0.6) is 0 Å². The van der Waals surface area contributed by atoms with Gasteiger partial charge in [0.2, 0.25) is 5.91 Å². The van der Waals surface area contributed by atoms with E-state index >= 15 is 0 Å². The summed E-state index contributed by atoms with van der Waals surface area (Å²) >= 11 is 0. The highest BCUT2D eigenvalue weighted by molar-refractivity contribution is 5.86. The average molecular weight is 465 g/mol. The fourth-order valence-corrected chi connectivity index (χ4v) is 4.69. The molecule has 0 aliphatic heterocycles. The average Bonchev–Trinajstić information content (AvgIpc) is 3.54. The highest BCUT2D eigenvalue weighted by Gasteiger charge is 2.44. The number of carbonyl (C=O) groups excluding carboxylic acids is 2. The largest absolute Gasteiger partial charge is 0.480 e. The third kappa shape index (κ3) is 5.41. The summed E-state index contributed by atoms with van der Waals surface area (Å²) in [7, 11) is 0. The van der Waals surface area contributed by atoms with Gasteiger partial charge in [0, 0.05) is 18.4 Å². The number of aliphatic carboxylic acids is 1. The number of carbonyl (C=O) groups is 3. The molecule has 0 spiro atoms. The standard InChI is InChI=1S/C27H32N2O5/c1-16(2)11-12-24(26(31)32)29-25(30)22-13-17(22)14-28-27(33)34-15-23-20-9-5-3-7-18(20)19-8-4-6-10-21(19)23/h3-10,16-17,22-24H,11-15H2,1-2H3,(H,28,33)(H,29,30)(H,31,32)/t17-,22-,24?/m1/s1. The fourth-order valence-electron chi connectivity index (χ4n) is 4.69. The summed E-state index contributed by atoms with van der Waals surface area (Å²) in [6.07, 6.45) is 1.27. The predicted octanol–water partition coefficient (Wildman–Crippen LogP) is 4.17. The number of hydrogen-bond donors (Lipinski definition) is 3. The van der Waals surface area contributed by atoms with Gasteiger partial charge in [0.1, 0.15) is 12.6 Å². The van der Waals surface area contributed by atoms with E-state index in [1.807, 2.05) is 38.1 Å². The predicted molar refractivity (Wildman–Crippen MR) is 128 cm³/mol. The van der Waals surface area contributed by atoms with E-state index in [9.17, 15) is 19.5 Å². The van der Waals surface area contributed by atoms with Gasteiger partial charge in [0.15, 0.2) is 0 Å². The van der Waals surface area contributed by atoms with Gasteiger partial charge in [0.05, 0.1) is 0 Å². The lowest BCUT2D eigenvalue weighted by atomic mass is 9.98. The van der Waals surface area contributed by atoms with Crippen LogP contribution in [0, 0.1) is 17.8 Å². The van der Waals surface area contributed by atoms with Gasteiger partial charge in [-0.2, -0.15) is 0 Å². The Bertz CT molecular complexity index is 1020. The molecule has 0 aromatic heterocycles. The van der Waals surface area contributed by atoms with Gasteiger partial charge in [-0.1, -0.05) is 62.4 Å². The first-order valence-corrected chi connectivity index (χ1v) is 12.0. The highest BCUT2D eigenvalue weighted by atomic mass is 16.5. The molecule has 0 saturated heterocycles. The number of benzene rings is 2. The Balaban J connectivity index is 1.23. The summed E-state index contributed by atoms with van der Waals surface area (Å²) < 4.78 is 5.54. The lowest BCUT2D eigenvalue weighted by Gasteiger charge is -2.16. The van der Waals surface area contributed by atoms with Crippen LogP contribution in [0.25, 0.3) is 11.1 Å². The summed E-state index contributed by atoms with van der Waals surface area (Å²) in [5, 5.41) is 14.8. The molecule has 1 unspecified atom stereocenters. The topological polar surface area (TPSA) is 105 Å². The van der Waals surface area contributed by atoms with Gasteiger partial charge < -0.3 is 20.5 Å². The number of ether oxygens (including phenoxy) is 1. The van der Waals surface area contributed by atoms with Crippen molar-refractivity contribution in [3.63, 3.8) is 0 Å². The minimum atomic E-state index is -1.01. The van der Waals surface area contributed by atoms with Crippen LogP contribution in [-0.4, -0.2) is 42.3 Å². The fraction of sp³-hybridized carbons (Fsp3) is 0.444. The zero-order valence-corrected chi connectivity index (χ0v) is 19.6. The van der Waals surface area contributed by atoms with E-state index in [4.69, 9.17) is 4.74 Å². The Labute approximate surface area is 199 Å². The molecule has 2 amide bonds. The third-order valence-corrected chi connectivity index (χ3v) is 6.76. The lowest BCUT2D eigenvalue weighted by molar-refractivity contribution is -0.142. The number of carboxylic acids is 1. The van der Waals surface area contributed by atoms with Crippen LogP contribution in [0.2, 0.25) is 0 Å². The lowest BCUT2D eigenvalue weighted by Crippen LogP contribution is -2.42. The molecule has 2 aromatic carbocycles. The molecule has 2 aromatic rings. The minimum absolute atomic E-state index is 0.0000242. The Morgan fingerprint density at radius 1 is 1.00 bits per heavy atom. The van der Waals surface area contributed by atoms with Gasteiger partial charge in [0.25, 0.3) is 0 Å². The second kappa shape index (κ2) is 10.3. The van der Waals surface area contributed by atoms with Gasteiger partial charge in [-0.25, -0.2) is 9.59 Å². The van der Waals surface area contributed by atoms with Crippen LogP contribution in [-0.2, 0) is 14.3 Å². The van der Waals surface area contributed by atoms with Crippen molar-refractivity contribution in [3.8, 4) is 11.1 Å². The smallest absolute Gasteiger partial charge is 0.407 e. The molecule has 1 saturated carbocycles. The molecule has 180 valence electrons. The molecule has 34 heavy (non-hydrogen) atoms. The summed E-state index contributed by atoms with van der Waals surface area (Å²) in [5.74, 6) is -1.17. The van der Waals surface area contributed by atoms with Crippen molar-refractivity contribution < 1.29 is 24.2 Å². The molecule has 2 aliphatic rings. The van der Waals surface area contributed by atoms with E-state index in [1.165, 1.54) is 11.1 Å². The van der Waals surface area contributed by atoms with Crippen molar-refractivity contribution in [1.82, 2.24) is 10.6 Å². The van der Waals surface area contributed by atoms with Crippen molar-refractivity contribution in [2.75, 3.05) is 13.2 Å². The quantitative estimate of drug-likeness (QED) is 0.490. The molecule has 1 fully saturated rings. The van der Waals surface area contributed by atoms with Crippen LogP contribution in [0.15, 0.2) is 48.5 Å². The molecular weight excluding hydrogens is 432 g/mol. The Morgan fingerprint density at radius 3 is 2.21 bits per heavy atom. The van der Waals surface area contributed by atoms with Crippen LogP contribution in [0.4, 0.5) is 4.79 Å². The number of fused-ring (bicyclic) bond motifs is 3. The van der Waals surface area contributed by atoms with E-state index in [-0.39, 0.29) is 30.3 Å². The van der Waals surface area contributed by atoms with E-state index in [0.717, 1.165) is 17.5 Å².